The molecule has 0 N–H and O–H groups in total. The molecule has 1 atom stereocenters. The molecule has 0 aliphatic rings. The van der Waals surface area contributed by atoms with Crippen molar-refractivity contribution >= 4 is 18.6 Å². The molecule has 0 aliphatic carbocycles. The van der Waals surface area contributed by atoms with Crippen LogP contribution in [-0.4, -0.2) is 7.85 Å². The molecule has 22 heavy (non-hydrogen) atoms. The van der Waals surface area contributed by atoms with Crippen molar-refractivity contribution in [1.82, 2.24) is 0 Å². The molecule has 0 heterocycles. The second kappa shape index (κ2) is 5.17. The topological polar surface area (TPSA) is 0 Å². The minimum atomic E-state index is -2.36. The number of hydrogen-bond donors (Lipinski definition) is 0. The van der Waals surface area contributed by atoms with Crippen molar-refractivity contribution in [2.45, 2.75) is 25.6 Å². The molecule has 0 nitrogen and oxygen atoms in total. The molecule has 0 amide bonds. The van der Waals surface area contributed by atoms with Gasteiger partial charge >= 0.3 is 0 Å². The molecule has 116 valence electrons. The van der Waals surface area contributed by atoms with E-state index < -0.39 is 62.4 Å². The highest BCUT2D eigenvalue weighted by molar-refractivity contribution is 6.16. The lowest BCUT2D eigenvalue weighted by Gasteiger charge is -2.26. The summed E-state index contributed by atoms with van der Waals surface area (Å²) in [4.78, 5) is 0. The maximum absolute atomic E-state index is 14.4. The first-order valence-electron chi connectivity index (χ1n) is 6.17. The fourth-order valence-electron chi connectivity index (χ4n) is 2.16. The Morgan fingerprint density at radius 2 is 1.05 bits per heavy atom. The Bertz CT molecular complexity index is 783. The maximum Gasteiger partial charge on any atom is 0.198 e. The highest BCUT2D eigenvalue weighted by atomic mass is 19.2. The van der Waals surface area contributed by atoms with Gasteiger partial charge in [-0.05, 0) is 5.31 Å². The fourth-order valence-corrected chi connectivity index (χ4v) is 2.16. The van der Waals surface area contributed by atoms with Crippen molar-refractivity contribution < 1.29 is 30.7 Å². The average molecular weight is 320 g/mol. The predicted molar refractivity (Wildman–Crippen MR) is 67.1 cm³/mol. The summed E-state index contributed by atoms with van der Waals surface area (Å²) in [6.45, 7) is 2.55. The summed E-state index contributed by atoms with van der Waals surface area (Å²) >= 11 is 0. The maximum atomic E-state index is 14.4. The van der Waals surface area contributed by atoms with Crippen molar-refractivity contribution in [2.24, 2.45) is 0 Å². The molecule has 0 bridgehead atoms. The van der Waals surface area contributed by atoms with Crippen LogP contribution in [0.25, 0.3) is 10.8 Å². The highest BCUT2D eigenvalue weighted by Gasteiger charge is 2.35. The molecule has 0 aromatic heterocycles. The monoisotopic (exact) mass is 320 g/mol. The normalized spacial score (nSPS) is 14.4. The van der Waals surface area contributed by atoms with Crippen molar-refractivity contribution in [2.75, 3.05) is 0 Å². The predicted octanol–water partition coefficient (Wildman–Crippen LogP) is 4.61. The van der Waals surface area contributed by atoms with Gasteiger partial charge in [0.25, 0.3) is 0 Å². The van der Waals surface area contributed by atoms with Crippen molar-refractivity contribution in [3.63, 3.8) is 0 Å². The van der Waals surface area contributed by atoms with Gasteiger partial charge in [-0.1, -0.05) is 20.3 Å². The van der Waals surface area contributed by atoms with Gasteiger partial charge in [0, 0.05) is 5.56 Å². The van der Waals surface area contributed by atoms with Crippen LogP contribution in [0.3, 0.4) is 0 Å². The molecular formula is C14H8BF7. The molecule has 2 aromatic carbocycles. The van der Waals surface area contributed by atoms with Gasteiger partial charge in [0.05, 0.1) is 18.6 Å². The number of halogens is 7. The number of fused-ring (bicyclic) bond motifs is 1. The van der Waals surface area contributed by atoms with E-state index in [0.717, 1.165) is 6.92 Å². The van der Waals surface area contributed by atoms with Gasteiger partial charge in [-0.3, -0.25) is 0 Å². The van der Waals surface area contributed by atoms with E-state index in [1.54, 1.807) is 0 Å². The summed E-state index contributed by atoms with van der Waals surface area (Å²) in [6, 6.07) is 0. The first-order valence-corrected chi connectivity index (χ1v) is 6.17. The summed E-state index contributed by atoms with van der Waals surface area (Å²) in [7, 11) is 5.62. The van der Waals surface area contributed by atoms with Crippen LogP contribution in [0, 0.1) is 40.7 Å². The Kier molecular flexibility index (Phi) is 3.91. The van der Waals surface area contributed by atoms with E-state index in [1.807, 2.05) is 0 Å². The highest BCUT2D eigenvalue weighted by Crippen LogP contribution is 2.38. The number of rotatable bonds is 2. The van der Waals surface area contributed by atoms with Gasteiger partial charge in [-0.25, -0.2) is 30.7 Å². The largest absolute Gasteiger partial charge is 0.206 e. The van der Waals surface area contributed by atoms with Crippen LogP contribution in [0.4, 0.5) is 30.7 Å². The van der Waals surface area contributed by atoms with Crippen molar-refractivity contribution in [3.8, 4) is 0 Å². The van der Waals surface area contributed by atoms with Crippen molar-refractivity contribution in [3.05, 3.63) is 46.3 Å². The summed E-state index contributed by atoms with van der Waals surface area (Å²) < 4.78 is 96.0. The van der Waals surface area contributed by atoms with Crippen LogP contribution < -0.4 is 0 Å². The van der Waals surface area contributed by atoms with Crippen LogP contribution in [-0.2, 0) is 5.31 Å². The molecule has 0 fully saturated rings. The van der Waals surface area contributed by atoms with Crippen LogP contribution in [0.15, 0.2) is 0 Å². The molecule has 8 heteroatoms. The third-order valence-electron chi connectivity index (χ3n) is 3.64. The summed E-state index contributed by atoms with van der Waals surface area (Å²) in [5.41, 5.74) is -1.07. The van der Waals surface area contributed by atoms with Gasteiger partial charge in [0.15, 0.2) is 34.9 Å². The molecule has 1 unspecified atom stereocenters. The fraction of sp³-hybridized carbons (Fsp3) is 0.286. The standard InChI is InChI=1S/C14H8BF7/c1-3-14(2,15)6-7(16)4-5(8(17)11(6)20)10(19)13(22)12(21)9(4)18/h3H2,1-2H3. The van der Waals surface area contributed by atoms with E-state index in [0.29, 0.717) is 0 Å². The van der Waals surface area contributed by atoms with Crippen LogP contribution in [0.5, 0.6) is 0 Å². The lowest BCUT2D eigenvalue weighted by molar-refractivity contribution is 0.408. The quantitative estimate of drug-likeness (QED) is 0.328. The Labute approximate surface area is 122 Å². The SMILES string of the molecule is [B]C(C)(CC)c1c(F)c(F)c2c(F)c(F)c(F)c(F)c2c1F. The van der Waals surface area contributed by atoms with Gasteiger partial charge in [-0.2, -0.15) is 0 Å². The van der Waals surface area contributed by atoms with E-state index in [9.17, 15) is 30.7 Å². The minimum Gasteiger partial charge on any atom is -0.206 e. The molecule has 0 saturated carbocycles. The van der Waals surface area contributed by atoms with Crippen molar-refractivity contribution in [1.29, 1.82) is 0 Å². The molecule has 0 aliphatic heterocycles. The Hall–Kier alpha value is -1.73. The summed E-state index contributed by atoms with van der Waals surface area (Å²) in [5, 5.41) is -4.92. The number of hydrogen-bond acceptors (Lipinski definition) is 0. The van der Waals surface area contributed by atoms with Crippen LogP contribution in [0.2, 0.25) is 0 Å². The van der Waals surface area contributed by atoms with Crippen LogP contribution in [0.1, 0.15) is 25.8 Å². The lowest BCUT2D eigenvalue weighted by atomic mass is 9.63. The zero-order chi connectivity index (χ0) is 17.0. The second-order valence-electron chi connectivity index (χ2n) is 5.09. The minimum absolute atomic E-state index is 0.0838. The molecule has 2 aromatic rings. The Morgan fingerprint density at radius 1 is 0.682 bits per heavy atom. The van der Waals surface area contributed by atoms with E-state index in [-0.39, 0.29) is 6.42 Å². The zero-order valence-electron chi connectivity index (χ0n) is 11.4. The summed E-state index contributed by atoms with van der Waals surface area (Å²) in [6.07, 6.45) is -0.0838. The zero-order valence-corrected chi connectivity index (χ0v) is 11.4. The molecule has 2 radical (unpaired) electrons. The molecule has 0 saturated heterocycles. The van der Waals surface area contributed by atoms with Gasteiger partial charge < -0.3 is 0 Å². The van der Waals surface area contributed by atoms with Gasteiger partial charge in [0.1, 0.15) is 5.82 Å². The third-order valence-corrected chi connectivity index (χ3v) is 3.64. The molecular weight excluding hydrogens is 312 g/mol. The Morgan fingerprint density at radius 3 is 1.45 bits per heavy atom. The Balaban J connectivity index is 3.15. The van der Waals surface area contributed by atoms with Crippen LogP contribution >= 0.6 is 0 Å². The van der Waals surface area contributed by atoms with E-state index in [1.165, 1.54) is 6.92 Å². The van der Waals surface area contributed by atoms with E-state index >= 15 is 0 Å². The number of benzene rings is 2. The third kappa shape index (κ3) is 2.07. The second-order valence-corrected chi connectivity index (χ2v) is 5.09. The van der Waals surface area contributed by atoms with Gasteiger partial charge in [-0.15, -0.1) is 0 Å². The smallest absolute Gasteiger partial charge is 0.198 e. The summed E-state index contributed by atoms with van der Waals surface area (Å²) in [5.74, 6) is -14.7. The van der Waals surface area contributed by atoms with E-state index in [2.05, 4.69) is 0 Å². The molecule has 2 rings (SSSR count). The van der Waals surface area contributed by atoms with E-state index in [4.69, 9.17) is 7.85 Å². The average Bonchev–Trinajstić information content (AvgIpc) is 2.46. The lowest BCUT2D eigenvalue weighted by Crippen LogP contribution is -2.25. The van der Waals surface area contributed by atoms with Gasteiger partial charge in [0.2, 0.25) is 0 Å². The first kappa shape index (κ1) is 16.6. The first-order chi connectivity index (χ1) is 10.1. The molecule has 0 spiro atoms.